The van der Waals surface area contributed by atoms with Crippen LogP contribution in [0.4, 0.5) is 0 Å². The molecule has 0 radical (unpaired) electrons. The molecule has 0 N–H and O–H groups in total. The Balaban J connectivity index is 4.06. The van der Waals surface area contributed by atoms with Gasteiger partial charge in [-0.05, 0) is 6.42 Å². The maximum absolute atomic E-state index is 10.6. The maximum atomic E-state index is 10.6. The molecular weight excluding hydrogens is 155 g/mol. The van der Waals surface area contributed by atoms with E-state index in [9.17, 15) is 14.3 Å². The van der Waals surface area contributed by atoms with Crippen molar-refractivity contribution in [1.82, 2.24) is 0 Å². The van der Waals surface area contributed by atoms with Crippen LogP contribution in [0.5, 0.6) is 0 Å². The largest absolute Gasteiger partial charge is 0.773 e. The summed E-state index contributed by atoms with van der Waals surface area (Å²) in [7, 11) is -3.18. The molecule has 0 aromatic heterocycles. The molecule has 5 heteroatoms. The molecular formula is C5H10O4P-. The molecule has 1 unspecified atom stereocenters. The van der Waals surface area contributed by atoms with Gasteiger partial charge in [0.2, 0.25) is 5.52 Å². The second-order valence-electron chi connectivity index (χ2n) is 1.82. The zero-order chi connectivity index (χ0) is 8.20. The van der Waals surface area contributed by atoms with Gasteiger partial charge in [-0.2, -0.15) is 0 Å². The van der Waals surface area contributed by atoms with Gasteiger partial charge in [-0.15, -0.1) is 0 Å². The molecule has 0 saturated heterocycles. The summed E-state index contributed by atoms with van der Waals surface area (Å²) in [6, 6.07) is 0. The summed E-state index contributed by atoms with van der Waals surface area (Å²) in [5.74, 6) is 0. The van der Waals surface area contributed by atoms with Crippen LogP contribution < -0.4 is 4.89 Å². The molecule has 0 rings (SSSR count). The average Bonchev–Trinajstić information content (AvgIpc) is 1.89. The van der Waals surface area contributed by atoms with Crippen LogP contribution in [0.1, 0.15) is 19.8 Å². The SMILES string of the molecule is CCCC(=O)P(=O)([O-])OC. The average molecular weight is 165 g/mol. The standard InChI is InChI=1S/C5H11O4P/c1-3-4-5(6)10(7,8)9-2/h3-4H2,1-2H3,(H,7,8)/p-1. The third-order valence-corrected chi connectivity index (χ3v) is 2.32. The summed E-state index contributed by atoms with van der Waals surface area (Å²) in [4.78, 5) is 21.1. The van der Waals surface area contributed by atoms with Crippen molar-refractivity contribution in [2.45, 2.75) is 19.8 Å². The zero-order valence-corrected chi connectivity index (χ0v) is 6.89. The molecule has 0 spiro atoms. The van der Waals surface area contributed by atoms with Gasteiger partial charge in [-0.1, -0.05) is 6.92 Å². The van der Waals surface area contributed by atoms with E-state index in [1.807, 2.05) is 0 Å². The molecule has 10 heavy (non-hydrogen) atoms. The van der Waals surface area contributed by atoms with Crippen molar-refractivity contribution in [2.75, 3.05) is 7.11 Å². The Morgan fingerprint density at radius 3 is 2.50 bits per heavy atom. The molecule has 0 aliphatic heterocycles. The van der Waals surface area contributed by atoms with Gasteiger partial charge in [0.05, 0.1) is 0 Å². The molecule has 0 fully saturated rings. The molecule has 1 atom stereocenters. The first-order valence-electron chi connectivity index (χ1n) is 2.94. The van der Waals surface area contributed by atoms with E-state index in [4.69, 9.17) is 0 Å². The van der Waals surface area contributed by atoms with Gasteiger partial charge in [-0.25, -0.2) is 0 Å². The van der Waals surface area contributed by atoms with Crippen LogP contribution in [0.3, 0.4) is 0 Å². The van der Waals surface area contributed by atoms with Gasteiger partial charge >= 0.3 is 0 Å². The predicted molar refractivity (Wildman–Crippen MR) is 34.5 cm³/mol. The third kappa shape index (κ3) is 2.60. The van der Waals surface area contributed by atoms with Crippen molar-refractivity contribution in [1.29, 1.82) is 0 Å². The van der Waals surface area contributed by atoms with Gasteiger partial charge in [0.1, 0.15) is 0 Å². The molecule has 4 nitrogen and oxygen atoms in total. The Hall–Kier alpha value is -0.180. The van der Waals surface area contributed by atoms with Gasteiger partial charge in [0.25, 0.3) is 0 Å². The highest BCUT2D eigenvalue weighted by Crippen LogP contribution is 2.37. The van der Waals surface area contributed by atoms with Crippen LogP contribution in [0.2, 0.25) is 0 Å². The minimum Gasteiger partial charge on any atom is -0.773 e. The summed E-state index contributed by atoms with van der Waals surface area (Å²) in [5.41, 5.74) is -0.822. The first kappa shape index (κ1) is 9.82. The summed E-state index contributed by atoms with van der Waals surface area (Å²) in [5, 5.41) is 0. The number of hydrogen-bond donors (Lipinski definition) is 0. The highest BCUT2D eigenvalue weighted by molar-refractivity contribution is 7.69. The lowest BCUT2D eigenvalue weighted by atomic mass is 10.4. The molecule has 60 valence electrons. The maximum Gasteiger partial charge on any atom is 0.203 e. The molecule has 0 aliphatic rings. The van der Waals surface area contributed by atoms with E-state index in [0.717, 1.165) is 7.11 Å². The van der Waals surface area contributed by atoms with Gasteiger partial charge in [-0.3, -0.25) is 4.79 Å². The highest BCUT2D eigenvalue weighted by atomic mass is 31.2. The minimum atomic E-state index is -4.17. The summed E-state index contributed by atoms with van der Waals surface area (Å²) >= 11 is 0. The van der Waals surface area contributed by atoms with Crippen molar-refractivity contribution in [3.05, 3.63) is 0 Å². The molecule has 0 aromatic rings. The quantitative estimate of drug-likeness (QED) is 0.569. The van der Waals surface area contributed by atoms with E-state index in [1.165, 1.54) is 0 Å². The van der Waals surface area contributed by atoms with Crippen molar-refractivity contribution in [3.63, 3.8) is 0 Å². The predicted octanol–water partition coefficient (Wildman–Crippen LogP) is 0.513. The second-order valence-corrected chi connectivity index (χ2v) is 3.68. The minimum absolute atomic E-state index is 0.0363. The highest BCUT2D eigenvalue weighted by Gasteiger charge is 2.15. The lowest BCUT2D eigenvalue weighted by Gasteiger charge is -2.17. The molecule has 0 aromatic carbocycles. The smallest absolute Gasteiger partial charge is 0.203 e. The Labute approximate surface area is 59.7 Å². The van der Waals surface area contributed by atoms with E-state index in [-0.39, 0.29) is 6.42 Å². The monoisotopic (exact) mass is 165 g/mol. The Bertz CT molecular complexity index is 165. The van der Waals surface area contributed by atoms with Crippen LogP contribution in [-0.2, 0) is 13.9 Å². The van der Waals surface area contributed by atoms with E-state index in [2.05, 4.69) is 4.52 Å². The summed E-state index contributed by atoms with van der Waals surface area (Å²) < 4.78 is 14.5. The van der Waals surface area contributed by atoms with Crippen LogP contribution >= 0.6 is 7.60 Å². The normalized spacial score (nSPS) is 16.3. The fraction of sp³-hybridized carbons (Fsp3) is 0.800. The van der Waals surface area contributed by atoms with Gasteiger partial charge in [0, 0.05) is 13.5 Å². The number of carbonyl (C=O) groups is 1. The fourth-order valence-corrected chi connectivity index (χ4v) is 1.15. The van der Waals surface area contributed by atoms with Crippen molar-refractivity contribution in [2.24, 2.45) is 0 Å². The fourth-order valence-electron chi connectivity index (χ4n) is 0.453. The van der Waals surface area contributed by atoms with Crippen molar-refractivity contribution in [3.8, 4) is 0 Å². The van der Waals surface area contributed by atoms with Crippen LogP contribution in [0, 0.1) is 0 Å². The Morgan fingerprint density at radius 1 is 1.70 bits per heavy atom. The second kappa shape index (κ2) is 3.86. The summed E-state index contributed by atoms with van der Waals surface area (Å²) in [6.45, 7) is 1.73. The lowest BCUT2D eigenvalue weighted by molar-refractivity contribution is -0.198. The molecule has 0 heterocycles. The third-order valence-electron chi connectivity index (χ3n) is 1.01. The summed E-state index contributed by atoms with van der Waals surface area (Å²) in [6.07, 6.45) is 0.559. The van der Waals surface area contributed by atoms with E-state index < -0.39 is 13.1 Å². The zero-order valence-electron chi connectivity index (χ0n) is 5.99. The van der Waals surface area contributed by atoms with E-state index in [0.29, 0.717) is 6.42 Å². The topological polar surface area (TPSA) is 66.4 Å². The van der Waals surface area contributed by atoms with Crippen LogP contribution in [0.25, 0.3) is 0 Å². The number of carbonyl (C=O) groups excluding carboxylic acids is 1. The molecule has 0 bridgehead atoms. The molecule has 0 aliphatic carbocycles. The first-order chi connectivity index (χ1) is 4.54. The van der Waals surface area contributed by atoms with E-state index in [1.54, 1.807) is 6.92 Å². The number of rotatable bonds is 4. The Kier molecular flexibility index (Phi) is 3.79. The molecule has 0 saturated carbocycles. The van der Waals surface area contributed by atoms with Crippen molar-refractivity contribution < 1.29 is 18.8 Å². The van der Waals surface area contributed by atoms with Crippen LogP contribution in [0.15, 0.2) is 0 Å². The number of hydrogen-bond acceptors (Lipinski definition) is 4. The van der Waals surface area contributed by atoms with Crippen LogP contribution in [-0.4, -0.2) is 12.6 Å². The first-order valence-corrected chi connectivity index (χ1v) is 4.49. The lowest BCUT2D eigenvalue weighted by Crippen LogP contribution is -2.12. The van der Waals surface area contributed by atoms with Crippen molar-refractivity contribution >= 4 is 13.1 Å². The van der Waals surface area contributed by atoms with E-state index >= 15 is 0 Å². The van der Waals surface area contributed by atoms with Gasteiger partial charge in [0.15, 0.2) is 7.60 Å². The molecule has 0 amide bonds. The Morgan fingerprint density at radius 2 is 2.20 bits per heavy atom. The van der Waals surface area contributed by atoms with Gasteiger partial charge < -0.3 is 14.0 Å².